The van der Waals surface area contributed by atoms with E-state index < -0.39 is 4.92 Å². The van der Waals surface area contributed by atoms with E-state index in [1.54, 1.807) is 12.1 Å². The summed E-state index contributed by atoms with van der Waals surface area (Å²) in [5, 5.41) is 10.8. The molecule has 0 radical (unpaired) electrons. The molecule has 5 nitrogen and oxygen atoms in total. The predicted octanol–water partition coefficient (Wildman–Crippen LogP) is 4.51. The number of nitrogens with zero attached hydrogens (tertiary/aromatic N) is 2. The lowest BCUT2D eigenvalue weighted by molar-refractivity contribution is -0.384. The zero-order valence-corrected chi connectivity index (χ0v) is 12.1. The van der Waals surface area contributed by atoms with Crippen LogP contribution in [0.15, 0.2) is 34.9 Å². The van der Waals surface area contributed by atoms with Gasteiger partial charge in [-0.25, -0.2) is 4.98 Å². The van der Waals surface area contributed by atoms with Gasteiger partial charge in [0.2, 0.25) is 0 Å². The molecule has 2 aromatic rings. The maximum Gasteiger partial charge on any atom is 0.271 e. The molecule has 0 aliphatic rings. The van der Waals surface area contributed by atoms with Crippen LogP contribution in [0.4, 0.5) is 5.69 Å². The van der Waals surface area contributed by atoms with Crippen molar-refractivity contribution in [2.75, 3.05) is 0 Å². The number of rotatable bonds is 3. The van der Waals surface area contributed by atoms with Gasteiger partial charge in [-0.2, -0.15) is 0 Å². The van der Waals surface area contributed by atoms with Crippen molar-refractivity contribution in [3.63, 3.8) is 0 Å². The summed E-state index contributed by atoms with van der Waals surface area (Å²) in [6.07, 6.45) is 0. The average molecular weight is 344 g/mol. The summed E-state index contributed by atoms with van der Waals surface area (Å²) in [6.45, 7) is 1.85. The van der Waals surface area contributed by atoms with E-state index >= 15 is 0 Å². The highest BCUT2D eigenvalue weighted by Crippen LogP contribution is 2.34. The Labute approximate surface area is 122 Å². The summed E-state index contributed by atoms with van der Waals surface area (Å²) in [6, 6.07) is 7.56. The average Bonchev–Trinajstić information content (AvgIpc) is 2.34. The molecule has 98 valence electrons. The number of hydrogen-bond acceptors (Lipinski definition) is 4. The number of non-ortho nitro benzene ring substituents is 1. The molecular formula is C12H8BrClN2O3. The monoisotopic (exact) mass is 342 g/mol. The van der Waals surface area contributed by atoms with Gasteiger partial charge in [0.15, 0.2) is 5.75 Å². The molecule has 1 heterocycles. The number of hydrogen-bond donors (Lipinski definition) is 0. The molecule has 0 saturated heterocycles. The fourth-order valence-electron chi connectivity index (χ4n) is 1.39. The summed E-state index contributed by atoms with van der Waals surface area (Å²) < 4.78 is 6.11. The minimum Gasteiger partial charge on any atom is -0.453 e. The van der Waals surface area contributed by atoms with Crippen LogP contribution < -0.4 is 4.74 Å². The molecule has 0 aliphatic heterocycles. The van der Waals surface area contributed by atoms with Crippen LogP contribution in [-0.2, 0) is 0 Å². The molecule has 7 heteroatoms. The minimum atomic E-state index is -0.515. The van der Waals surface area contributed by atoms with Crippen molar-refractivity contribution in [3.8, 4) is 11.5 Å². The predicted molar refractivity (Wildman–Crippen MR) is 74.9 cm³/mol. The minimum absolute atomic E-state index is 0.0848. The molecule has 0 spiro atoms. The third kappa shape index (κ3) is 3.21. The Morgan fingerprint density at radius 1 is 1.32 bits per heavy atom. The molecule has 0 bridgehead atoms. The van der Waals surface area contributed by atoms with Crippen molar-refractivity contribution in [2.24, 2.45) is 0 Å². The number of benzene rings is 1. The van der Waals surface area contributed by atoms with Crippen LogP contribution in [0.2, 0.25) is 5.02 Å². The largest absolute Gasteiger partial charge is 0.453 e. The topological polar surface area (TPSA) is 65.3 Å². The van der Waals surface area contributed by atoms with Gasteiger partial charge in [-0.1, -0.05) is 11.6 Å². The van der Waals surface area contributed by atoms with E-state index in [0.29, 0.717) is 16.1 Å². The van der Waals surface area contributed by atoms with Gasteiger partial charge in [-0.05, 0) is 41.1 Å². The van der Waals surface area contributed by atoms with E-state index in [9.17, 15) is 10.1 Å². The van der Waals surface area contributed by atoms with Crippen LogP contribution >= 0.6 is 27.5 Å². The first-order valence-electron chi connectivity index (χ1n) is 5.22. The second-order valence-electron chi connectivity index (χ2n) is 3.72. The number of nitro groups is 1. The highest BCUT2D eigenvalue weighted by molar-refractivity contribution is 9.10. The molecule has 0 atom stereocenters. The van der Waals surface area contributed by atoms with E-state index in [2.05, 4.69) is 20.9 Å². The Hall–Kier alpha value is -1.66. The molecule has 0 N–H and O–H groups in total. The smallest absolute Gasteiger partial charge is 0.271 e. The number of halogens is 2. The van der Waals surface area contributed by atoms with Crippen molar-refractivity contribution in [1.29, 1.82) is 0 Å². The third-order valence-electron chi connectivity index (χ3n) is 2.30. The van der Waals surface area contributed by atoms with Gasteiger partial charge < -0.3 is 4.74 Å². The maximum absolute atomic E-state index is 10.6. The summed E-state index contributed by atoms with van der Waals surface area (Å²) in [5.41, 5.74) is 0.757. The second kappa shape index (κ2) is 5.54. The van der Waals surface area contributed by atoms with Crippen LogP contribution in [0.1, 0.15) is 5.69 Å². The molecule has 0 unspecified atom stereocenters. The lowest BCUT2D eigenvalue weighted by atomic mass is 10.3. The summed E-state index contributed by atoms with van der Waals surface area (Å²) >= 11 is 9.22. The molecule has 0 fully saturated rings. The summed E-state index contributed by atoms with van der Waals surface area (Å²) in [5.74, 6) is 0.819. The first-order chi connectivity index (χ1) is 8.97. The molecule has 1 aromatic carbocycles. The van der Waals surface area contributed by atoms with Crippen molar-refractivity contribution in [1.82, 2.24) is 4.98 Å². The highest BCUT2D eigenvalue weighted by Gasteiger charge is 2.12. The van der Waals surface area contributed by atoms with Gasteiger partial charge in [0.25, 0.3) is 5.69 Å². The van der Waals surface area contributed by atoms with Crippen molar-refractivity contribution >= 4 is 33.2 Å². The van der Waals surface area contributed by atoms with Crippen molar-refractivity contribution < 1.29 is 9.66 Å². The number of ether oxygens (including phenoxy) is 1. The lowest BCUT2D eigenvalue weighted by Crippen LogP contribution is -1.92. The molecule has 19 heavy (non-hydrogen) atoms. The van der Waals surface area contributed by atoms with Crippen LogP contribution in [0.3, 0.4) is 0 Å². The van der Waals surface area contributed by atoms with E-state index in [0.717, 1.165) is 5.69 Å². The SMILES string of the molecule is Cc1ccc(Oc2ccc([N+](=O)[O-])cc2Cl)c(Br)n1. The van der Waals surface area contributed by atoms with Gasteiger partial charge in [-0.3, -0.25) is 10.1 Å². The third-order valence-corrected chi connectivity index (χ3v) is 3.16. The highest BCUT2D eigenvalue weighted by atomic mass is 79.9. The van der Waals surface area contributed by atoms with Crippen molar-refractivity contribution in [2.45, 2.75) is 6.92 Å². The number of nitro benzene ring substituents is 1. The van der Waals surface area contributed by atoms with E-state index in [1.807, 2.05) is 6.92 Å². The van der Waals surface area contributed by atoms with E-state index in [-0.39, 0.29) is 10.7 Å². The van der Waals surface area contributed by atoms with E-state index in [1.165, 1.54) is 18.2 Å². The summed E-state index contributed by atoms with van der Waals surface area (Å²) in [7, 11) is 0. The Balaban J connectivity index is 2.31. The van der Waals surface area contributed by atoms with Crippen molar-refractivity contribution in [3.05, 3.63) is 55.8 Å². The summed E-state index contributed by atoms with van der Waals surface area (Å²) in [4.78, 5) is 14.3. The molecule has 0 saturated carbocycles. The first kappa shape index (κ1) is 13.8. The Morgan fingerprint density at radius 2 is 2.00 bits per heavy atom. The van der Waals surface area contributed by atoms with Crippen LogP contribution in [0.25, 0.3) is 0 Å². The van der Waals surface area contributed by atoms with E-state index in [4.69, 9.17) is 16.3 Å². The number of pyridine rings is 1. The zero-order valence-electron chi connectivity index (χ0n) is 9.76. The normalized spacial score (nSPS) is 10.3. The Morgan fingerprint density at radius 3 is 2.58 bits per heavy atom. The number of aryl methyl sites for hydroxylation is 1. The van der Waals surface area contributed by atoms with Crippen LogP contribution in [0, 0.1) is 17.0 Å². The zero-order chi connectivity index (χ0) is 14.0. The van der Waals surface area contributed by atoms with Crippen LogP contribution in [0.5, 0.6) is 11.5 Å². The molecular weight excluding hydrogens is 335 g/mol. The standard InChI is InChI=1S/C12H8BrClN2O3/c1-7-2-4-11(12(13)15-7)19-10-5-3-8(16(17)18)6-9(10)14/h2-6H,1H3. The molecule has 1 aromatic heterocycles. The van der Waals surface area contributed by atoms with Gasteiger partial charge in [0, 0.05) is 17.8 Å². The van der Waals surface area contributed by atoms with Gasteiger partial charge in [0.1, 0.15) is 10.4 Å². The van der Waals surface area contributed by atoms with Gasteiger partial charge in [-0.15, -0.1) is 0 Å². The lowest BCUT2D eigenvalue weighted by Gasteiger charge is -2.08. The number of aromatic nitrogens is 1. The first-order valence-corrected chi connectivity index (χ1v) is 6.39. The van der Waals surface area contributed by atoms with Gasteiger partial charge in [0.05, 0.1) is 9.95 Å². The molecule has 2 rings (SSSR count). The molecule has 0 aliphatic carbocycles. The Kier molecular flexibility index (Phi) is 4.01. The maximum atomic E-state index is 10.6. The van der Waals surface area contributed by atoms with Crippen LogP contribution in [-0.4, -0.2) is 9.91 Å². The molecule has 0 amide bonds. The van der Waals surface area contributed by atoms with Gasteiger partial charge >= 0.3 is 0 Å². The fraction of sp³-hybridized carbons (Fsp3) is 0.0833. The fourth-order valence-corrected chi connectivity index (χ4v) is 2.10. The quantitative estimate of drug-likeness (QED) is 0.467. The Bertz CT molecular complexity index is 649. The second-order valence-corrected chi connectivity index (χ2v) is 4.87.